The van der Waals surface area contributed by atoms with Crippen LogP contribution >= 0.6 is 12.6 Å². The lowest BCUT2D eigenvalue weighted by atomic mass is 10.1. The van der Waals surface area contributed by atoms with Gasteiger partial charge in [0, 0.05) is 11.9 Å². The SMILES string of the molecule is CCC(CS)Cn1ncc2ccccc2c1=O. The molecule has 17 heavy (non-hydrogen) atoms. The number of aromatic nitrogens is 2. The summed E-state index contributed by atoms with van der Waals surface area (Å²) in [6, 6.07) is 7.54. The Morgan fingerprint density at radius 3 is 2.88 bits per heavy atom. The van der Waals surface area contributed by atoms with Crippen molar-refractivity contribution in [2.45, 2.75) is 19.9 Å². The standard InChI is InChI=1S/C13H16N2OS/c1-2-10(9-17)8-15-13(16)12-6-4-3-5-11(12)7-14-15/h3-7,10,17H,2,8-9H2,1H3. The molecule has 0 aliphatic rings. The maximum atomic E-state index is 12.2. The number of benzene rings is 1. The molecule has 1 atom stereocenters. The second-order valence-electron chi connectivity index (χ2n) is 4.18. The molecule has 0 fully saturated rings. The van der Waals surface area contributed by atoms with Crippen LogP contribution in [0.25, 0.3) is 10.8 Å². The Morgan fingerprint density at radius 2 is 2.18 bits per heavy atom. The molecule has 0 N–H and O–H groups in total. The summed E-state index contributed by atoms with van der Waals surface area (Å²) in [5.74, 6) is 1.17. The Kier molecular flexibility index (Phi) is 3.84. The van der Waals surface area contributed by atoms with Gasteiger partial charge in [0.2, 0.25) is 0 Å². The number of fused-ring (bicyclic) bond motifs is 1. The van der Waals surface area contributed by atoms with Crippen LogP contribution in [0.1, 0.15) is 13.3 Å². The first-order valence-electron chi connectivity index (χ1n) is 5.82. The Morgan fingerprint density at radius 1 is 1.41 bits per heavy atom. The molecule has 1 unspecified atom stereocenters. The number of rotatable bonds is 4. The normalized spacial score (nSPS) is 12.8. The van der Waals surface area contributed by atoms with E-state index in [0.717, 1.165) is 22.9 Å². The van der Waals surface area contributed by atoms with E-state index in [1.165, 1.54) is 0 Å². The van der Waals surface area contributed by atoms with Crippen LogP contribution in [0.15, 0.2) is 35.3 Å². The van der Waals surface area contributed by atoms with E-state index in [2.05, 4.69) is 24.7 Å². The molecular formula is C13H16N2OS. The third-order valence-corrected chi connectivity index (χ3v) is 3.54. The maximum Gasteiger partial charge on any atom is 0.274 e. The molecule has 2 rings (SSSR count). The first-order chi connectivity index (χ1) is 8.26. The van der Waals surface area contributed by atoms with Gasteiger partial charge in [-0.15, -0.1) is 0 Å². The minimum atomic E-state index is -0.0108. The van der Waals surface area contributed by atoms with E-state index in [9.17, 15) is 4.79 Å². The molecule has 1 aromatic carbocycles. The fourth-order valence-corrected chi connectivity index (χ4v) is 2.19. The lowest BCUT2D eigenvalue weighted by molar-refractivity contribution is 0.433. The molecule has 0 spiro atoms. The summed E-state index contributed by atoms with van der Waals surface area (Å²) in [6.45, 7) is 2.75. The van der Waals surface area contributed by atoms with Crippen molar-refractivity contribution in [1.82, 2.24) is 9.78 Å². The van der Waals surface area contributed by atoms with Crippen molar-refractivity contribution in [3.63, 3.8) is 0 Å². The van der Waals surface area contributed by atoms with Gasteiger partial charge in [-0.1, -0.05) is 31.5 Å². The topological polar surface area (TPSA) is 34.9 Å². The van der Waals surface area contributed by atoms with Gasteiger partial charge in [0.05, 0.1) is 11.6 Å². The Balaban J connectivity index is 2.42. The van der Waals surface area contributed by atoms with Gasteiger partial charge in [-0.3, -0.25) is 4.79 Å². The number of nitrogens with zero attached hydrogens (tertiary/aromatic N) is 2. The third kappa shape index (κ3) is 2.52. The summed E-state index contributed by atoms with van der Waals surface area (Å²) in [6.07, 6.45) is 2.76. The summed E-state index contributed by atoms with van der Waals surface area (Å²) in [5.41, 5.74) is -0.0108. The highest BCUT2D eigenvalue weighted by atomic mass is 32.1. The Labute approximate surface area is 106 Å². The zero-order chi connectivity index (χ0) is 12.3. The Hall–Kier alpha value is -1.29. The van der Waals surface area contributed by atoms with Gasteiger partial charge in [-0.05, 0) is 17.7 Å². The third-order valence-electron chi connectivity index (χ3n) is 3.03. The van der Waals surface area contributed by atoms with Crippen LogP contribution in [0.3, 0.4) is 0 Å². The van der Waals surface area contributed by atoms with Crippen molar-refractivity contribution in [3.8, 4) is 0 Å². The van der Waals surface area contributed by atoms with Crippen LogP contribution in [0, 0.1) is 5.92 Å². The quantitative estimate of drug-likeness (QED) is 0.843. The molecule has 90 valence electrons. The Bertz CT molecular complexity index is 561. The van der Waals surface area contributed by atoms with Crippen LogP contribution < -0.4 is 5.56 Å². The first kappa shape index (κ1) is 12.2. The van der Waals surface area contributed by atoms with E-state index in [-0.39, 0.29) is 5.56 Å². The zero-order valence-corrected chi connectivity index (χ0v) is 10.7. The highest BCUT2D eigenvalue weighted by Crippen LogP contribution is 2.09. The summed E-state index contributed by atoms with van der Waals surface area (Å²) in [7, 11) is 0. The fourth-order valence-electron chi connectivity index (χ4n) is 1.82. The fraction of sp³-hybridized carbons (Fsp3) is 0.385. The lowest BCUT2D eigenvalue weighted by Gasteiger charge is -2.12. The van der Waals surface area contributed by atoms with Crippen molar-refractivity contribution in [1.29, 1.82) is 0 Å². The van der Waals surface area contributed by atoms with E-state index < -0.39 is 0 Å². The molecule has 0 amide bonds. The van der Waals surface area contributed by atoms with Crippen LogP contribution in [-0.2, 0) is 6.54 Å². The van der Waals surface area contributed by atoms with Gasteiger partial charge in [0.25, 0.3) is 5.56 Å². The molecule has 4 heteroatoms. The largest absolute Gasteiger partial charge is 0.274 e. The zero-order valence-electron chi connectivity index (χ0n) is 9.84. The van der Waals surface area contributed by atoms with Gasteiger partial charge in [0.1, 0.15) is 0 Å². The van der Waals surface area contributed by atoms with Crippen molar-refractivity contribution >= 4 is 23.4 Å². The molecule has 0 aliphatic heterocycles. The summed E-state index contributed by atoms with van der Waals surface area (Å²) >= 11 is 4.29. The van der Waals surface area contributed by atoms with E-state index >= 15 is 0 Å². The number of hydrogen-bond acceptors (Lipinski definition) is 3. The van der Waals surface area contributed by atoms with E-state index in [0.29, 0.717) is 12.5 Å². The molecule has 0 saturated heterocycles. The first-order valence-corrected chi connectivity index (χ1v) is 6.45. The van der Waals surface area contributed by atoms with E-state index in [1.807, 2.05) is 24.3 Å². The predicted molar refractivity (Wildman–Crippen MR) is 73.6 cm³/mol. The van der Waals surface area contributed by atoms with E-state index in [4.69, 9.17) is 0 Å². The average Bonchev–Trinajstić information content (AvgIpc) is 2.38. The van der Waals surface area contributed by atoms with Crippen LogP contribution in [0.5, 0.6) is 0 Å². The summed E-state index contributed by atoms with van der Waals surface area (Å²) < 4.78 is 1.55. The molecule has 3 nitrogen and oxygen atoms in total. The monoisotopic (exact) mass is 248 g/mol. The molecule has 0 saturated carbocycles. The lowest BCUT2D eigenvalue weighted by Crippen LogP contribution is -2.26. The maximum absolute atomic E-state index is 12.2. The van der Waals surface area contributed by atoms with Gasteiger partial charge < -0.3 is 0 Å². The molecule has 2 aromatic rings. The van der Waals surface area contributed by atoms with Gasteiger partial charge in [-0.2, -0.15) is 17.7 Å². The molecule has 0 aliphatic carbocycles. The minimum Gasteiger partial charge on any atom is -0.267 e. The molecule has 1 aromatic heterocycles. The minimum absolute atomic E-state index is 0.0108. The van der Waals surface area contributed by atoms with Crippen molar-refractivity contribution in [2.24, 2.45) is 5.92 Å². The van der Waals surface area contributed by atoms with Crippen molar-refractivity contribution < 1.29 is 0 Å². The van der Waals surface area contributed by atoms with Crippen LogP contribution in [0.2, 0.25) is 0 Å². The van der Waals surface area contributed by atoms with Crippen LogP contribution in [0.4, 0.5) is 0 Å². The second kappa shape index (κ2) is 5.36. The van der Waals surface area contributed by atoms with Crippen molar-refractivity contribution in [2.75, 3.05) is 5.75 Å². The van der Waals surface area contributed by atoms with Gasteiger partial charge in [-0.25, -0.2) is 4.68 Å². The molecule has 0 radical (unpaired) electrons. The molecule has 1 heterocycles. The highest BCUT2D eigenvalue weighted by Gasteiger charge is 2.09. The van der Waals surface area contributed by atoms with Crippen molar-refractivity contribution in [3.05, 3.63) is 40.8 Å². The van der Waals surface area contributed by atoms with Crippen LogP contribution in [-0.4, -0.2) is 15.5 Å². The summed E-state index contributed by atoms with van der Waals surface area (Å²) in [4.78, 5) is 12.2. The number of thiol groups is 1. The van der Waals surface area contributed by atoms with Gasteiger partial charge in [0.15, 0.2) is 0 Å². The molecule has 0 bridgehead atoms. The summed E-state index contributed by atoms with van der Waals surface area (Å²) in [5, 5.41) is 5.84. The average molecular weight is 248 g/mol. The predicted octanol–water partition coefficient (Wildman–Crippen LogP) is 2.35. The van der Waals surface area contributed by atoms with Gasteiger partial charge >= 0.3 is 0 Å². The molecular weight excluding hydrogens is 232 g/mol. The second-order valence-corrected chi connectivity index (χ2v) is 4.54. The highest BCUT2D eigenvalue weighted by molar-refractivity contribution is 7.80. The van der Waals surface area contributed by atoms with E-state index in [1.54, 1.807) is 10.9 Å². The smallest absolute Gasteiger partial charge is 0.267 e. The number of hydrogen-bond donors (Lipinski definition) is 1.